The summed E-state index contributed by atoms with van der Waals surface area (Å²) in [4.78, 5) is 16.2. The van der Waals surface area contributed by atoms with Gasteiger partial charge in [0.25, 0.3) is 5.91 Å². The minimum Gasteiger partial charge on any atom is -0.451 e. The van der Waals surface area contributed by atoms with Crippen molar-refractivity contribution < 1.29 is 9.21 Å². The molecule has 1 aromatic rings. The first kappa shape index (κ1) is 8.27. The van der Waals surface area contributed by atoms with E-state index in [0.717, 1.165) is 0 Å². The highest BCUT2D eigenvalue weighted by atomic mass is 16.3. The molecule has 0 atom stereocenters. The summed E-state index contributed by atoms with van der Waals surface area (Å²) in [7, 11) is 1.53. The monoisotopic (exact) mass is 165 g/mol. The van der Waals surface area contributed by atoms with Crippen LogP contribution in [0.2, 0.25) is 0 Å². The lowest BCUT2D eigenvalue weighted by Gasteiger charge is -2.09. The molecule has 1 amide bonds. The summed E-state index contributed by atoms with van der Waals surface area (Å²) in [6.07, 6.45) is 2.42. The molecule has 0 aliphatic rings. The Bertz CT molecular complexity index is 299. The van der Waals surface area contributed by atoms with E-state index in [1.165, 1.54) is 24.6 Å². The van der Waals surface area contributed by atoms with Crippen LogP contribution >= 0.6 is 0 Å². The molecule has 1 aromatic heterocycles. The SMILES string of the molecule is CN(CC#N)C(=O)c1cocn1. The standard InChI is InChI=1S/C7H7N3O2/c1-10(3-2-8)7(11)6-4-12-5-9-6/h4-5H,3H2,1H3. The lowest BCUT2D eigenvalue weighted by Crippen LogP contribution is -2.27. The fourth-order valence-electron chi connectivity index (χ4n) is 0.692. The highest BCUT2D eigenvalue weighted by Crippen LogP contribution is 1.98. The zero-order valence-electron chi connectivity index (χ0n) is 6.52. The quantitative estimate of drug-likeness (QED) is 0.590. The van der Waals surface area contributed by atoms with Crippen LogP contribution in [-0.4, -0.2) is 29.4 Å². The molecule has 5 nitrogen and oxygen atoms in total. The summed E-state index contributed by atoms with van der Waals surface area (Å²) in [5, 5.41) is 8.30. The number of aromatic nitrogens is 1. The topological polar surface area (TPSA) is 70.1 Å². The Morgan fingerprint density at radius 2 is 2.67 bits per heavy atom. The van der Waals surface area contributed by atoms with Gasteiger partial charge in [-0.15, -0.1) is 0 Å². The van der Waals surface area contributed by atoms with E-state index in [1.54, 1.807) is 0 Å². The Morgan fingerprint density at radius 3 is 3.17 bits per heavy atom. The smallest absolute Gasteiger partial charge is 0.276 e. The molecule has 1 rings (SSSR count). The molecule has 0 radical (unpaired) electrons. The molecule has 0 saturated carbocycles. The fourth-order valence-corrected chi connectivity index (χ4v) is 0.692. The molecular formula is C7H7N3O2. The van der Waals surface area contributed by atoms with Gasteiger partial charge in [0.15, 0.2) is 12.1 Å². The lowest BCUT2D eigenvalue weighted by atomic mass is 10.4. The zero-order chi connectivity index (χ0) is 8.97. The molecule has 0 fully saturated rings. The molecule has 0 aliphatic carbocycles. The molecule has 0 bridgehead atoms. The van der Waals surface area contributed by atoms with E-state index in [2.05, 4.69) is 9.40 Å². The van der Waals surface area contributed by atoms with Crippen molar-refractivity contribution in [2.75, 3.05) is 13.6 Å². The number of rotatable bonds is 2. The predicted octanol–water partition coefficient (Wildman–Crippen LogP) is 0.270. The van der Waals surface area contributed by atoms with Crippen LogP contribution in [-0.2, 0) is 0 Å². The van der Waals surface area contributed by atoms with Crippen molar-refractivity contribution in [1.82, 2.24) is 9.88 Å². The average Bonchev–Trinajstić information content (AvgIpc) is 2.55. The maximum atomic E-state index is 11.2. The van der Waals surface area contributed by atoms with E-state index < -0.39 is 0 Å². The second kappa shape index (κ2) is 3.53. The largest absolute Gasteiger partial charge is 0.451 e. The van der Waals surface area contributed by atoms with Gasteiger partial charge >= 0.3 is 0 Å². The maximum absolute atomic E-state index is 11.2. The Morgan fingerprint density at radius 1 is 1.92 bits per heavy atom. The molecule has 0 aliphatic heterocycles. The van der Waals surface area contributed by atoms with E-state index >= 15 is 0 Å². The minimum atomic E-state index is -0.315. The third kappa shape index (κ3) is 1.61. The van der Waals surface area contributed by atoms with Crippen LogP contribution in [0.15, 0.2) is 17.1 Å². The van der Waals surface area contributed by atoms with Gasteiger partial charge in [-0.05, 0) is 0 Å². The Labute approximate surface area is 69.2 Å². The second-order valence-corrected chi connectivity index (χ2v) is 2.19. The van der Waals surface area contributed by atoms with E-state index in [1.807, 2.05) is 6.07 Å². The minimum absolute atomic E-state index is 0.0473. The van der Waals surface area contributed by atoms with Gasteiger partial charge in [-0.3, -0.25) is 4.79 Å². The molecule has 12 heavy (non-hydrogen) atoms. The number of carbonyl (C=O) groups is 1. The Hall–Kier alpha value is -1.83. The highest BCUT2D eigenvalue weighted by Gasteiger charge is 2.12. The summed E-state index contributed by atoms with van der Waals surface area (Å²) in [5.74, 6) is -0.315. The van der Waals surface area contributed by atoms with Gasteiger partial charge in [0, 0.05) is 7.05 Å². The van der Waals surface area contributed by atoms with Crippen molar-refractivity contribution >= 4 is 5.91 Å². The van der Waals surface area contributed by atoms with Crippen LogP contribution in [0, 0.1) is 11.3 Å². The average molecular weight is 165 g/mol. The summed E-state index contributed by atoms with van der Waals surface area (Å²) in [6, 6.07) is 1.86. The van der Waals surface area contributed by atoms with E-state index in [-0.39, 0.29) is 18.1 Å². The van der Waals surface area contributed by atoms with Gasteiger partial charge in [0.1, 0.15) is 12.8 Å². The number of hydrogen-bond donors (Lipinski definition) is 0. The third-order valence-corrected chi connectivity index (χ3v) is 1.31. The van der Waals surface area contributed by atoms with Crippen molar-refractivity contribution in [3.8, 4) is 6.07 Å². The zero-order valence-corrected chi connectivity index (χ0v) is 6.52. The van der Waals surface area contributed by atoms with Crippen LogP contribution in [0.4, 0.5) is 0 Å². The van der Waals surface area contributed by atoms with Crippen molar-refractivity contribution in [2.45, 2.75) is 0 Å². The summed E-state index contributed by atoms with van der Waals surface area (Å²) in [5.41, 5.74) is 0.216. The predicted molar refractivity (Wildman–Crippen MR) is 39.1 cm³/mol. The number of carbonyl (C=O) groups excluding carboxylic acids is 1. The summed E-state index contributed by atoms with van der Waals surface area (Å²) in [6.45, 7) is 0.0473. The first-order valence-corrected chi connectivity index (χ1v) is 3.26. The highest BCUT2D eigenvalue weighted by molar-refractivity contribution is 5.91. The molecule has 0 saturated heterocycles. The normalized spacial score (nSPS) is 9.00. The van der Waals surface area contributed by atoms with Crippen LogP contribution in [0.3, 0.4) is 0 Å². The molecule has 0 spiro atoms. The van der Waals surface area contributed by atoms with Crippen molar-refractivity contribution in [3.05, 3.63) is 18.4 Å². The molecule has 5 heteroatoms. The van der Waals surface area contributed by atoms with Gasteiger partial charge in [0.2, 0.25) is 0 Å². The third-order valence-electron chi connectivity index (χ3n) is 1.31. The molecule has 1 heterocycles. The maximum Gasteiger partial charge on any atom is 0.276 e. The number of oxazole rings is 1. The number of hydrogen-bond acceptors (Lipinski definition) is 4. The van der Waals surface area contributed by atoms with Crippen molar-refractivity contribution in [2.24, 2.45) is 0 Å². The van der Waals surface area contributed by atoms with Gasteiger partial charge < -0.3 is 9.32 Å². The number of amides is 1. The first-order valence-electron chi connectivity index (χ1n) is 3.26. The van der Waals surface area contributed by atoms with Crippen LogP contribution in [0.5, 0.6) is 0 Å². The van der Waals surface area contributed by atoms with Gasteiger partial charge in [0.05, 0.1) is 6.07 Å². The van der Waals surface area contributed by atoms with Crippen molar-refractivity contribution in [3.63, 3.8) is 0 Å². The van der Waals surface area contributed by atoms with Crippen molar-refractivity contribution in [1.29, 1.82) is 5.26 Å². The molecule has 0 aromatic carbocycles. The summed E-state index contributed by atoms with van der Waals surface area (Å²) >= 11 is 0. The van der Waals surface area contributed by atoms with Gasteiger partial charge in [-0.2, -0.15) is 5.26 Å². The summed E-state index contributed by atoms with van der Waals surface area (Å²) < 4.78 is 4.62. The fraction of sp³-hybridized carbons (Fsp3) is 0.286. The van der Waals surface area contributed by atoms with Gasteiger partial charge in [-0.1, -0.05) is 0 Å². The Balaban J connectivity index is 2.67. The van der Waals surface area contributed by atoms with E-state index in [0.29, 0.717) is 0 Å². The van der Waals surface area contributed by atoms with Crippen LogP contribution in [0.25, 0.3) is 0 Å². The Kier molecular flexibility index (Phi) is 2.43. The second-order valence-electron chi connectivity index (χ2n) is 2.19. The lowest BCUT2D eigenvalue weighted by molar-refractivity contribution is 0.0806. The molecular weight excluding hydrogens is 158 g/mol. The number of nitrogens with zero attached hydrogens (tertiary/aromatic N) is 3. The van der Waals surface area contributed by atoms with E-state index in [9.17, 15) is 4.79 Å². The molecule has 62 valence electrons. The van der Waals surface area contributed by atoms with Crippen LogP contribution in [0.1, 0.15) is 10.5 Å². The molecule has 0 unspecified atom stereocenters. The number of nitriles is 1. The van der Waals surface area contributed by atoms with Gasteiger partial charge in [-0.25, -0.2) is 4.98 Å². The molecule has 0 N–H and O–H groups in total. The van der Waals surface area contributed by atoms with E-state index in [4.69, 9.17) is 5.26 Å². The first-order chi connectivity index (χ1) is 5.75. The van der Waals surface area contributed by atoms with Crippen LogP contribution < -0.4 is 0 Å².